The van der Waals surface area contributed by atoms with Gasteiger partial charge in [-0.1, -0.05) is 74.2 Å². The van der Waals surface area contributed by atoms with Gasteiger partial charge in [0, 0.05) is 17.7 Å². The molecule has 38 heavy (non-hydrogen) atoms. The minimum atomic E-state index is -0.342. The van der Waals surface area contributed by atoms with Crippen LogP contribution in [0.3, 0.4) is 0 Å². The maximum atomic E-state index is 12.1. The predicted molar refractivity (Wildman–Crippen MR) is 154 cm³/mol. The van der Waals surface area contributed by atoms with E-state index in [4.69, 9.17) is 4.74 Å². The van der Waals surface area contributed by atoms with Crippen LogP contribution in [0.25, 0.3) is 17.2 Å². The molecule has 1 atom stereocenters. The van der Waals surface area contributed by atoms with Crippen molar-refractivity contribution in [3.8, 4) is 17.2 Å². The minimum Gasteiger partial charge on any atom is -0.508 e. The molecule has 0 saturated heterocycles. The molecule has 3 aromatic carbocycles. The second kappa shape index (κ2) is 13.8. The molecule has 0 radical (unpaired) electrons. The lowest BCUT2D eigenvalue weighted by Gasteiger charge is -2.31. The molecule has 1 unspecified atom stereocenters. The largest absolute Gasteiger partial charge is 0.508 e. The number of ether oxygens (including phenoxy) is 1. The van der Waals surface area contributed by atoms with E-state index in [1.807, 2.05) is 19.1 Å². The van der Waals surface area contributed by atoms with Gasteiger partial charge in [-0.2, -0.15) is 0 Å². The van der Waals surface area contributed by atoms with E-state index < -0.39 is 0 Å². The number of benzene rings is 3. The van der Waals surface area contributed by atoms with Crippen molar-refractivity contribution in [2.24, 2.45) is 0 Å². The smallest absolute Gasteiger partial charge is 0.150 e. The van der Waals surface area contributed by atoms with Crippen LogP contribution < -0.4 is 10.1 Å². The molecular formula is C33H38FNO3. The molecule has 0 bridgehead atoms. The van der Waals surface area contributed by atoms with Gasteiger partial charge in [-0.3, -0.25) is 4.39 Å². The number of alkyl halides is 1. The highest BCUT2D eigenvalue weighted by atomic mass is 19.1. The molecule has 1 aliphatic rings. The van der Waals surface area contributed by atoms with Crippen LogP contribution in [0.2, 0.25) is 0 Å². The number of fused-ring (bicyclic) bond motifs is 1. The zero-order valence-corrected chi connectivity index (χ0v) is 22.1. The van der Waals surface area contributed by atoms with E-state index >= 15 is 0 Å². The molecule has 1 heterocycles. The molecular weight excluding hydrogens is 477 g/mol. The Labute approximate surface area is 225 Å². The fourth-order valence-corrected chi connectivity index (χ4v) is 4.93. The summed E-state index contributed by atoms with van der Waals surface area (Å²) in [7, 11) is 0. The Morgan fingerprint density at radius 2 is 1.61 bits per heavy atom. The van der Waals surface area contributed by atoms with Gasteiger partial charge in [0.25, 0.3) is 0 Å². The van der Waals surface area contributed by atoms with Crippen molar-refractivity contribution in [3.63, 3.8) is 0 Å². The summed E-state index contributed by atoms with van der Waals surface area (Å²) in [6.45, 7) is 3.66. The SMILES string of the molecule is CC1=C(c2cccc(O)c2)C(c2ccc(/C=C/CNCCCCCCCCF)cc2)Oc2ccc(O)cc21. The summed E-state index contributed by atoms with van der Waals surface area (Å²) in [5.41, 5.74) is 5.84. The third kappa shape index (κ3) is 7.26. The lowest BCUT2D eigenvalue weighted by atomic mass is 9.86. The van der Waals surface area contributed by atoms with Crippen LogP contribution in [-0.2, 0) is 0 Å². The summed E-state index contributed by atoms with van der Waals surface area (Å²) in [5, 5.41) is 23.7. The van der Waals surface area contributed by atoms with E-state index in [0.717, 1.165) is 71.5 Å². The normalized spacial score (nSPS) is 15.1. The van der Waals surface area contributed by atoms with Gasteiger partial charge in [-0.15, -0.1) is 0 Å². The summed E-state index contributed by atoms with van der Waals surface area (Å²) in [6.07, 6.45) is 10.3. The zero-order valence-electron chi connectivity index (χ0n) is 22.1. The summed E-state index contributed by atoms with van der Waals surface area (Å²) >= 11 is 0. The van der Waals surface area contributed by atoms with Gasteiger partial charge in [-0.05, 0) is 78.9 Å². The first-order valence-electron chi connectivity index (χ1n) is 13.6. The summed E-state index contributed by atoms with van der Waals surface area (Å²) in [5.74, 6) is 1.12. The Balaban J connectivity index is 1.40. The Bertz CT molecular complexity index is 1250. The molecule has 1 aliphatic heterocycles. The molecule has 3 N–H and O–H groups in total. The quantitative estimate of drug-likeness (QED) is 0.201. The fourth-order valence-electron chi connectivity index (χ4n) is 4.93. The zero-order chi connectivity index (χ0) is 26.7. The first-order valence-corrected chi connectivity index (χ1v) is 13.6. The summed E-state index contributed by atoms with van der Waals surface area (Å²) < 4.78 is 18.6. The number of hydrogen-bond acceptors (Lipinski definition) is 4. The first-order chi connectivity index (χ1) is 18.6. The van der Waals surface area contributed by atoms with Crippen molar-refractivity contribution >= 4 is 17.2 Å². The van der Waals surface area contributed by atoms with Crippen molar-refractivity contribution in [2.75, 3.05) is 19.8 Å². The highest BCUT2D eigenvalue weighted by Gasteiger charge is 2.29. The lowest BCUT2D eigenvalue weighted by molar-refractivity contribution is 0.259. The average Bonchev–Trinajstić information content (AvgIpc) is 2.92. The monoisotopic (exact) mass is 515 g/mol. The molecule has 5 heteroatoms. The van der Waals surface area contributed by atoms with Crippen molar-refractivity contribution in [3.05, 3.63) is 95.1 Å². The topological polar surface area (TPSA) is 61.7 Å². The van der Waals surface area contributed by atoms with E-state index in [2.05, 4.69) is 41.7 Å². The minimum absolute atomic E-state index is 0.191. The van der Waals surface area contributed by atoms with Crippen molar-refractivity contribution in [1.82, 2.24) is 5.32 Å². The number of rotatable bonds is 13. The van der Waals surface area contributed by atoms with Crippen LogP contribution in [0.1, 0.15) is 73.8 Å². The Hall–Kier alpha value is -3.57. The molecule has 3 aromatic rings. The second-order valence-corrected chi connectivity index (χ2v) is 9.85. The summed E-state index contributed by atoms with van der Waals surface area (Å²) in [4.78, 5) is 0. The van der Waals surface area contributed by atoms with Crippen LogP contribution in [0.5, 0.6) is 17.2 Å². The molecule has 0 aliphatic carbocycles. The number of halogens is 1. The van der Waals surface area contributed by atoms with E-state index in [1.165, 1.54) is 12.8 Å². The maximum absolute atomic E-state index is 12.1. The molecule has 4 nitrogen and oxygen atoms in total. The third-order valence-corrected chi connectivity index (χ3v) is 6.98. The van der Waals surface area contributed by atoms with Gasteiger partial charge < -0.3 is 20.3 Å². The Morgan fingerprint density at radius 3 is 2.37 bits per heavy atom. The van der Waals surface area contributed by atoms with Gasteiger partial charge >= 0.3 is 0 Å². The molecule has 0 fully saturated rings. The van der Waals surface area contributed by atoms with Crippen molar-refractivity contribution in [2.45, 2.75) is 51.6 Å². The van der Waals surface area contributed by atoms with Gasteiger partial charge in [0.1, 0.15) is 23.4 Å². The van der Waals surface area contributed by atoms with Gasteiger partial charge in [-0.25, -0.2) is 0 Å². The fraction of sp³-hybridized carbons (Fsp3) is 0.333. The number of hydrogen-bond donors (Lipinski definition) is 3. The van der Waals surface area contributed by atoms with Crippen LogP contribution in [0.4, 0.5) is 4.39 Å². The molecule has 0 amide bonds. The highest BCUT2D eigenvalue weighted by molar-refractivity contribution is 5.95. The molecule has 0 saturated carbocycles. The van der Waals surface area contributed by atoms with Crippen molar-refractivity contribution in [1.29, 1.82) is 0 Å². The third-order valence-electron chi connectivity index (χ3n) is 6.98. The predicted octanol–water partition coefficient (Wildman–Crippen LogP) is 8.08. The lowest BCUT2D eigenvalue weighted by Crippen LogP contribution is -2.16. The number of nitrogens with one attached hydrogen (secondary N) is 1. The van der Waals surface area contributed by atoms with Crippen LogP contribution in [0.15, 0.2) is 72.8 Å². The Morgan fingerprint density at radius 1 is 0.868 bits per heavy atom. The number of unbranched alkanes of at least 4 members (excludes halogenated alkanes) is 5. The molecule has 0 spiro atoms. The number of phenols is 2. The average molecular weight is 516 g/mol. The van der Waals surface area contributed by atoms with E-state index in [0.29, 0.717) is 6.42 Å². The molecule has 4 rings (SSSR count). The van der Waals surface area contributed by atoms with Gasteiger partial charge in [0.2, 0.25) is 0 Å². The standard InChI is InChI=1S/C33H38FNO3/c1-24-30-23-29(37)17-18-31(30)38-33(32(24)27-11-8-12-28(36)22-27)26-15-13-25(14-16-26)10-9-21-35-20-7-5-3-2-4-6-19-34/h8-18,22-23,33,35-37H,2-7,19-21H2,1H3/b10-9+. The molecule has 0 aromatic heterocycles. The van der Waals surface area contributed by atoms with E-state index in [9.17, 15) is 14.6 Å². The first kappa shape index (κ1) is 27.5. The number of allylic oxidation sites excluding steroid dienone is 1. The Kier molecular flexibility index (Phi) is 9.99. The number of aromatic hydroxyl groups is 2. The highest BCUT2D eigenvalue weighted by Crippen LogP contribution is 2.47. The van der Waals surface area contributed by atoms with Crippen molar-refractivity contribution < 1.29 is 19.3 Å². The van der Waals surface area contributed by atoms with E-state index in [1.54, 1.807) is 30.3 Å². The van der Waals surface area contributed by atoms with Gasteiger partial charge in [0.05, 0.1) is 6.67 Å². The van der Waals surface area contributed by atoms with Crippen LogP contribution in [-0.4, -0.2) is 30.0 Å². The second-order valence-electron chi connectivity index (χ2n) is 9.85. The molecule has 200 valence electrons. The van der Waals surface area contributed by atoms with Crippen LogP contribution >= 0.6 is 0 Å². The van der Waals surface area contributed by atoms with Crippen LogP contribution in [0, 0.1) is 0 Å². The van der Waals surface area contributed by atoms with E-state index in [-0.39, 0.29) is 24.3 Å². The number of phenolic OH excluding ortho intramolecular Hbond substituents is 2. The van der Waals surface area contributed by atoms with Gasteiger partial charge in [0.15, 0.2) is 0 Å². The maximum Gasteiger partial charge on any atom is 0.150 e. The summed E-state index contributed by atoms with van der Waals surface area (Å²) in [6, 6.07) is 20.7.